The molecule has 166 valence electrons. The van der Waals surface area contributed by atoms with Crippen LogP contribution in [0.15, 0.2) is 83.8 Å². The van der Waals surface area contributed by atoms with Gasteiger partial charge in [0.1, 0.15) is 5.82 Å². The lowest BCUT2D eigenvalue weighted by Gasteiger charge is -2.34. The van der Waals surface area contributed by atoms with Crippen molar-refractivity contribution in [3.8, 4) is 0 Å². The quantitative estimate of drug-likeness (QED) is 0.619. The van der Waals surface area contributed by atoms with Crippen molar-refractivity contribution in [3.63, 3.8) is 0 Å². The molecule has 1 N–H and O–H groups in total. The van der Waals surface area contributed by atoms with Gasteiger partial charge in [-0.15, -0.1) is 0 Å². The minimum Gasteiger partial charge on any atom is -0.319 e. The SMILES string of the molecule is O=C(Nc1ccccc1F)c1cccc(S(=O)(=O)N2CCN(Cc3ccccc3)CC2)c1. The van der Waals surface area contributed by atoms with Gasteiger partial charge in [-0.1, -0.05) is 48.5 Å². The van der Waals surface area contributed by atoms with Crippen molar-refractivity contribution < 1.29 is 17.6 Å². The number of carbonyl (C=O) groups excluding carboxylic acids is 1. The average Bonchev–Trinajstić information content (AvgIpc) is 2.82. The van der Waals surface area contributed by atoms with E-state index < -0.39 is 21.7 Å². The maximum Gasteiger partial charge on any atom is 0.255 e. The van der Waals surface area contributed by atoms with Crippen LogP contribution in [0.2, 0.25) is 0 Å². The summed E-state index contributed by atoms with van der Waals surface area (Å²) in [5.41, 5.74) is 1.38. The molecule has 1 aliphatic heterocycles. The Morgan fingerprint density at radius 2 is 1.56 bits per heavy atom. The Balaban J connectivity index is 1.43. The molecule has 6 nitrogen and oxygen atoms in total. The molecule has 0 unspecified atom stereocenters. The van der Waals surface area contributed by atoms with Gasteiger partial charge in [0.2, 0.25) is 10.0 Å². The maximum absolute atomic E-state index is 13.8. The van der Waals surface area contributed by atoms with Crippen molar-refractivity contribution in [1.82, 2.24) is 9.21 Å². The minimum atomic E-state index is -3.74. The predicted molar refractivity (Wildman–Crippen MR) is 121 cm³/mol. The van der Waals surface area contributed by atoms with Gasteiger partial charge in [0.15, 0.2) is 0 Å². The fourth-order valence-electron chi connectivity index (χ4n) is 3.67. The lowest BCUT2D eigenvalue weighted by molar-refractivity contribution is 0.102. The second kappa shape index (κ2) is 9.60. The Morgan fingerprint density at radius 3 is 2.28 bits per heavy atom. The number of rotatable bonds is 6. The van der Waals surface area contributed by atoms with Gasteiger partial charge in [-0.05, 0) is 35.9 Å². The Hall–Kier alpha value is -3.07. The summed E-state index contributed by atoms with van der Waals surface area (Å²) in [5.74, 6) is -1.13. The Morgan fingerprint density at radius 1 is 0.875 bits per heavy atom. The number of nitrogens with zero attached hydrogens (tertiary/aromatic N) is 2. The van der Waals surface area contributed by atoms with Gasteiger partial charge in [-0.3, -0.25) is 9.69 Å². The smallest absolute Gasteiger partial charge is 0.255 e. The molecule has 0 aliphatic carbocycles. The predicted octanol–water partition coefficient (Wildman–Crippen LogP) is 3.58. The Labute approximate surface area is 187 Å². The number of hydrogen-bond acceptors (Lipinski definition) is 4. The molecule has 0 spiro atoms. The molecule has 1 saturated heterocycles. The molecular weight excluding hydrogens is 429 g/mol. The summed E-state index contributed by atoms with van der Waals surface area (Å²) >= 11 is 0. The van der Waals surface area contributed by atoms with Gasteiger partial charge >= 0.3 is 0 Å². The molecular formula is C24H24FN3O3S. The van der Waals surface area contributed by atoms with E-state index in [2.05, 4.69) is 22.3 Å². The van der Waals surface area contributed by atoms with Crippen LogP contribution in [0.3, 0.4) is 0 Å². The Bertz CT molecular complexity index is 1190. The van der Waals surface area contributed by atoms with E-state index in [1.807, 2.05) is 18.2 Å². The molecule has 1 heterocycles. The first-order valence-corrected chi connectivity index (χ1v) is 11.8. The van der Waals surface area contributed by atoms with Crippen molar-refractivity contribution in [2.75, 3.05) is 31.5 Å². The van der Waals surface area contributed by atoms with Gasteiger partial charge in [-0.25, -0.2) is 12.8 Å². The van der Waals surface area contributed by atoms with Crippen LogP contribution in [0.25, 0.3) is 0 Å². The number of piperazine rings is 1. The highest BCUT2D eigenvalue weighted by Gasteiger charge is 2.29. The van der Waals surface area contributed by atoms with Gasteiger partial charge in [0, 0.05) is 38.3 Å². The number of benzene rings is 3. The summed E-state index contributed by atoms with van der Waals surface area (Å²) in [7, 11) is -3.74. The van der Waals surface area contributed by atoms with E-state index in [9.17, 15) is 17.6 Å². The van der Waals surface area contributed by atoms with E-state index in [0.29, 0.717) is 26.2 Å². The van der Waals surface area contributed by atoms with E-state index in [0.717, 1.165) is 6.54 Å². The van der Waals surface area contributed by atoms with Crippen LogP contribution in [-0.4, -0.2) is 49.7 Å². The molecule has 8 heteroatoms. The van der Waals surface area contributed by atoms with Crippen LogP contribution >= 0.6 is 0 Å². The standard InChI is InChI=1S/C24H24FN3O3S/c25-22-11-4-5-12-23(22)26-24(29)20-9-6-10-21(17-20)32(30,31)28-15-13-27(14-16-28)18-19-7-2-1-3-8-19/h1-12,17H,13-16,18H2,(H,26,29). The molecule has 0 radical (unpaired) electrons. The summed E-state index contributed by atoms with van der Waals surface area (Å²) < 4.78 is 41.6. The highest BCUT2D eigenvalue weighted by molar-refractivity contribution is 7.89. The first-order chi connectivity index (χ1) is 15.4. The Kier molecular flexibility index (Phi) is 6.64. The number of carbonyl (C=O) groups is 1. The summed E-state index contributed by atoms with van der Waals surface area (Å²) in [4.78, 5) is 14.8. The number of sulfonamides is 1. The van der Waals surface area contributed by atoms with Gasteiger partial charge < -0.3 is 5.32 Å². The normalized spacial score (nSPS) is 15.4. The molecule has 1 amide bonds. The monoisotopic (exact) mass is 453 g/mol. The molecule has 0 bridgehead atoms. The summed E-state index contributed by atoms with van der Waals surface area (Å²) in [6.45, 7) is 2.78. The van der Waals surface area contributed by atoms with Crippen LogP contribution in [0.5, 0.6) is 0 Å². The molecule has 3 aromatic rings. The molecule has 1 aliphatic rings. The van der Waals surface area contributed by atoms with Crippen LogP contribution in [0, 0.1) is 5.82 Å². The molecule has 3 aromatic carbocycles. The van der Waals surface area contributed by atoms with Crippen molar-refractivity contribution in [2.45, 2.75) is 11.4 Å². The molecule has 32 heavy (non-hydrogen) atoms. The first kappa shape index (κ1) is 22.1. The third-order valence-corrected chi connectivity index (χ3v) is 7.33. The van der Waals surface area contributed by atoms with Gasteiger partial charge in [0.05, 0.1) is 10.6 Å². The van der Waals surface area contributed by atoms with E-state index in [4.69, 9.17) is 0 Å². The zero-order chi connectivity index (χ0) is 22.6. The van der Waals surface area contributed by atoms with Crippen molar-refractivity contribution in [2.24, 2.45) is 0 Å². The number of anilines is 1. The third kappa shape index (κ3) is 5.04. The molecule has 4 rings (SSSR count). The lowest BCUT2D eigenvalue weighted by Crippen LogP contribution is -2.48. The van der Waals surface area contributed by atoms with Crippen molar-refractivity contribution in [3.05, 3.63) is 95.8 Å². The largest absolute Gasteiger partial charge is 0.319 e. The van der Waals surface area contributed by atoms with E-state index in [1.54, 1.807) is 6.07 Å². The summed E-state index contributed by atoms with van der Waals surface area (Å²) in [6.07, 6.45) is 0. The lowest BCUT2D eigenvalue weighted by atomic mass is 10.2. The first-order valence-electron chi connectivity index (χ1n) is 10.4. The number of amides is 1. The van der Waals surface area contributed by atoms with Crippen LogP contribution in [-0.2, 0) is 16.6 Å². The molecule has 0 saturated carbocycles. The maximum atomic E-state index is 13.8. The minimum absolute atomic E-state index is 0.0419. The fourth-order valence-corrected chi connectivity index (χ4v) is 5.14. The number of para-hydroxylation sites is 1. The molecule has 0 aromatic heterocycles. The number of nitrogens with one attached hydrogen (secondary N) is 1. The van der Waals surface area contributed by atoms with Crippen molar-refractivity contribution in [1.29, 1.82) is 0 Å². The molecule has 0 atom stereocenters. The summed E-state index contributed by atoms with van der Waals surface area (Å²) in [6, 6.07) is 21.7. The highest BCUT2D eigenvalue weighted by atomic mass is 32.2. The highest BCUT2D eigenvalue weighted by Crippen LogP contribution is 2.21. The fraction of sp³-hybridized carbons (Fsp3) is 0.208. The second-order valence-electron chi connectivity index (χ2n) is 7.63. The second-order valence-corrected chi connectivity index (χ2v) is 9.57. The summed E-state index contributed by atoms with van der Waals surface area (Å²) in [5, 5.41) is 2.48. The topological polar surface area (TPSA) is 69.7 Å². The van der Waals surface area contributed by atoms with Crippen LogP contribution in [0.1, 0.15) is 15.9 Å². The van der Waals surface area contributed by atoms with E-state index in [-0.39, 0.29) is 16.1 Å². The number of halogens is 1. The van der Waals surface area contributed by atoms with Crippen LogP contribution in [0.4, 0.5) is 10.1 Å². The number of hydrogen-bond donors (Lipinski definition) is 1. The zero-order valence-electron chi connectivity index (χ0n) is 17.4. The molecule has 1 fully saturated rings. The average molecular weight is 454 g/mol. The van der Waals surface area contributed by atoms with Gasteiger partial charge in [-0.2, -0.15) is 4.31 Å². The van der Waals surface area contributed by atoms with E-state index in [1.165, 1.54) is 52.3 Å². The third-order valence-electron chi connectivity index (χ3n) is 5.44. The van der Waals surface area contributed by atoms with Crippen LogP contribution < -0.4 is 5.32 Å². The van der Waals surface area contributed by atoms with E-state index >= 15 is 0 Å². The zero-order valence-corrected chi connectivity index (χ0v) is 18.3. The van der Waals surface area contributed by atoms with Crippen molar-refractivity contribution >= 4 is 21.6 Å². The van der Waals surface area contributed by atoms with Gasteiger partial charge in [0.25, 0.3) is 5.91 Å².